The maximum Gasteiger partial charge on any atom is 0.484 e. The lowest BCUT2D eigenvalue weighted by atomic mass is 10.1. The molecule has 1 radical (unpaired) electrons. The number of carbonyl (C=O) groups excluding carboxylic acids is 1. The molecule has 0 saturated carbocycles. The number of carbonyl (C=O) groups is 1. The van der Waals surface area contributed by atoms with Gasteiger partial charge in [-0.25, -0.2) is 4.79 Å². The predicted octanol–water partition coefficient (Wildman–Crippen LogP) is 0.595. The Balaban J connectivity index is 2.70. The lowest BCUT2D eigenvalue weighted by Gasteiger charge is -1.84. The van der Waals surface area contributed by atoms with E-state index in [0.29, 0.717) is 5.56 Å². The Bertz CT molecular complexity index is 315. The zero-order valence-electron chi connectivity index (χ0n) is 5.24. The lowest BCUT2D eigenvalue weighted by Crippen LogP contribution is -1.97. The summed E-state index contributed by atoms with van der Waals surface area (Å²) in [7, 11) is 0. The summed E-state index contributed by atoms with van der Waals surface area (Å²) in [5.74, 6) is -0.129. The van der Waals surface area contributed by atoms with Crippen molar-refractivity contribution >= 4 is 12.1 Å². The van der Waals surface area contributed by atoms with E-state index in [0.717, 1.165) is 5.56 Å². The minimum atomic E-state index is -0.129. The van der Waals surface area contributed by atoms with Crippen LogP contribution in [0.2, 0.25) is 0 Å². The number of amides is 1. The molecule has 1 aliphatic rings. The van der Waals surface area contributed by atoms with E-state index in [9.17, 15) is 4.79 Å². The Morgan fingerprint density at radius 3 is 2.80 bits per heavy atom. The van der Waals surface area contributed by atoms with Crippen LogP contribution < -0.4 is 4.99 Å². The number of hydrogen-bond donors (Lipinski definition) is 0. The Morgan fingerprint density at radius 1 is 1.20 bits per heavy atom. The first-order valence-electron chi connectivity index (χ1n) is 3.05. The molecule has 10 heavy (non-hydrogen) atoms. The molecule has 0 N–H and O–H groups in total. The summed E-state index contributed by atoms with van der Waals surface area (Å²) in [6, 6.07) is 7.39. The van der Waals surface area contributed by atoms with Crippen molar-refractivity contribution < 1.29 is 4.79 Å². The molecule has 0 spiro atoms. The Kier molecular flexibility index (Phi) is 0.947. The van der Waals surface area contributed by atoms with Crippen molar-refractivity contribution in [3.8, 4) is 0 Å². The van der Waals surface area contributed by atoms with Gasteiger partial charge in [0, 0.05) is 0 Å². The average molecular weight is 131 g/mol. The molecule has 47 valence electrons. The normalized spacial score (nSPS) is 13.8. The topological polar surface area (TPSA) is 31.2 Å². The van der Waals surface area contributed by atoms with Crippen LogP contribution in [-0.4, -0.2) is 12.1 Å². The maximum atomic E-state index is 10.9. The third kappa shape index (κ3) is 0.589. The summed E-state index contributed by atoms with van der Waals surface area (Å²) in [4.78, 5) is 14.5. The number of hydrogen-bond acceptors (Lipinski definition) is 1. The molecule has 0 fully saturated rings. The van der Waals surface area contributed by atoms with Gasteiger partial charge in [-0.1, -0.05) is 12.1 Å². The molecule has 1 aromatic carbocycles. The van der Waals surface area contributed by atoms with E-state index in [4.69, 9.17) is 0 Å². The van der Waals surface area contributed by atoms with Gasteiger partial charge in [-0.2, -0.15) is 0 Å². The van der Waals surface area contributed by atoms with Gasteiger partial charge in [0.05, 0.1) is 5.56 Å². The van der Waals surface area contributed by atoms with Crippen LogP contribution in [0.25, 0.3) is 0 Å². The van der Waals surface area contributed by atoms with Crippen LogP contribution in [0.3, 0.4) is 0 Å². The molecule has 1 amide bonds. The lowest BCUT2D eigenvalue weighted by molar-refractivity contribution is 0.0988. The summed E-state index contributed by atoms with van der Waals surface area (Å²) in [6.07, 6.45) is 1.59. The molecular weight excluding hydrogens is 126 g/mol. The highest BCUT2D eigenvalue weighted by atomic mass is 16.1. The number of fused-ring (bicyclic) bond motifs is 1. The molecule has 2 rings (SSSR count). The van der Waals surface area contributed by atoms with Crippen molar-refractivity contribution in [2.45, 2.75) is 0 Å². The van der Waals surface area contributed by atoms with E-state index < -0.39 is 0 Å². The predicted molar refractivity (Wildman–Crippen MR) is 38.1 cm³/mol. The van der Waals surface area contributed by atoms with Crippen molar-refractivity contribution in [2.75, 3.05) is 0 Å². The van der Waals surface area contributed by atoms with Gasteiger partial charge in [-0.15, -0.1) is 0 Å². The fraction of sp³-hybridized carbons (Fsp3) is 0. The van der Waals surface area contributed by atoms with Crippen LogP contribution in [0.15, 0.2) is 24.3 Å². The quantitative estimate of drug-likeness (QED) is 0.507. The molecule has 0 atom stereocenters. The summed E-state index contributed by atoms with van der Waals surface area (Å²) in [6.45, 7) is 0. The summed E-state index contributed by atoms with van der Waals surface area (Å²) in [5, 5.41) is 0. The molecule has 1 heterocycles. The second-order valence-corrected chi connectivity index (χ2v) is 2.15. The second kappa shape index (κ2) is 1.77. The van der Waals surface area contributed by atoms with Gasteiger partial charge in [-0.3, -0.25) is 0 Å². The zero-order chi connectivity index (χ0) is 6.97. The molecule has 0 aromatic heterocycles. The van der Waals surface area contributed by atoms with Crippen LogP contribution in [0, 0.1) is 0 Å². The minimum Gasteiger partial charge on any atom is -0.207 e. The molecule has 1 aliphatic heterocycles. The highest BCUT2D eigenvalue weighted by molar-refractivity contribution is 6.10. The summed E-state index contributed by atoms with van der Waals surface area (Å²) >= 11 is 0. The van der Waals surface area contributed by atoms with Crippen LogP contribution in [0.4, 0.5) is 0 Å². The molecule has 0 unspecified atom stereocenters. The first kappa shape index (κ1) is 5.35. The van der Waals surface area contributed by atoms with Gasteiger partial charge < -0.3 is 0 Å². The van der Waals surface area contributed by atoms with Crippen LogP contribution in [0.1, 0.15) is 15.9 Å². The maximum absolute atomic E-state index is 10.9. The second-order valence-electron chi connectivity index (χ2n) is 2.15. The molecule has 1 aromatic rings. The van der Waals surface area contributed by atoms with Gasteiger partial charge >= 0.3 is 5.91 Å². The monoisotopic (exact) mass is 131 g/mol. The Hall–Kier alpha value is -1.44. The fourth-order valence-corrected chi connectivity index (χ4v) is 1.00. The van der Waals surface area contributed by atoms with E-state index in [1.807, 2.05) is 18.2 Å². The van der Waals surface area contributed by atoms with Crippen LogP contribution in [-0.2, 0) is 0 Å². The average Bonchev–Trinajstić information content (AvgIpc) is 2.34. The molecule has 0 saturated heterocycles. The summed E-state index contributed by atoms with van der Waals surface area (Å²) in [5.41, 5.74) is 1.63. The molecule has 2 nitrogen and oxygen atoms in total. The van der Waals surface area contributed by atoms with E-state index in [1.165, 1.54) is 0 Å². The highest BCUT2D eigenvalue weighted by Crippen LogP contribution is 2.08. The van der Waals surface area contributed by atoms with E-state index in [-0.39, 0.29) is 5.91 Å². The highest BCUT2D eigenvalue weighted by Gasteiger charge is 2.25. The van der Waals surface area contributed by atoms with Crippen molar-refractivity contribution in [1.29, 1.82) is 0 Å². The Labute approximate surface area is 58.2 Å². The molecular formula is C8H5NO+. The largest absolute Gasteiger partial charge is 0.484 e. The Morgan fingerprint density at radius 2 is 2.00 bits per heavy atom. The third-order valence-electron chi connectivity index (χ3n) is 1.51. The number of rotatable bonds is 0. The van der Waals surface area contributed by atoms with Gasteiger partial charge in [0.2, 0.25) is 0 Å². The smallest absolute Gasteiger partial charge is 0.207 e. The number of benzene rings is 1. The molecule has 0 bridgehead atoms. The van der Waals surface area contributed by atoms with E-state index >= 15 is 0 Å². The van der Waals surface area contributed by atoms with Gasteiger partial charge in [0.25, 0.3) is 6.21 Å². The molecule has 2 heteroatoms. The minimum absolute atomic E-state index is 0.129. The van der Waals surface area contributed by atoms with Crippen molar-refractivity contribution in [3.05, 3.63) is 35.4 Å². The van der Waals surface area contributed by atoms with Gasteiger partial charge in [-0.05, 0) is 12.1 Å². The first-order chi connectivity index (χ1) is 4.88. The van der Waals surface area contributed by atoms with Crippen LogP contribution in [0.5, 0.6) is 0 Å². The number of nitrogens with zero attached hydrogens (tertiary/aromatic N) is 1. The van der Waals surface area contributed by atoms with Crippen molar-refractivity contribution in [3.63, 3.8) is 0 Å². The first-order valence-corrected chi connectivity index (χ1v) is 3.05. The van der Waals surface area contributed by atoms with Crippen molar-refractivity contribution in [1.82, 2.24) is 4.99 Å². The van der Waals surface area contributed by atoms with Gasteiger partial charge in [0.15, 0.2) is 0 Å². The zero-order valence-corrected chi connectivity index (χ0v) is 5.24. The van der Waals surface area contributed by atoms with Gasteiger partial charge in [0.1, 0.15) is 10.6 Å². The molecule has 0 aliphatic carbocycles. The fourth-order valence-electron chi connectivity index (χ4n) is 1.00. The third-order valence-corrected chi connectivity index (χ3v) is 1.51. The SMILES string of the molecule is O=C1[N+]=Cc2ccccc21. The van der Waals surface area contributed by atoms with Crippen molar-refractivity contribution in [2.24, 2.45) is 0 Å². The summed E-state index contributed by atoms with van der Waals surface area (Å²) < 4.78 is 0. The van der Waals surface area contributed by atoms with E-state index in [2.05, 4.69) is 4.99 Å². The standard InChI is InChI=1S/C8H5NO/c10-8-7-4-2-1-3-6(7)5-9-8/h1-5H/q+1. The number of aliphatic imine (C=N–C) groups is 1. The van der Waals surface area contributed by atoms with E-state index in [1.54, 1.807) is 12.3 Å². The van der Waals surface area contributed by atoms with Crippen LogP contribution >= 0.6 is 0 Å².